The Kier molecular flexibility index (Phi) is 4.01. The Bertz CT molecular complexity index is 641. The van der Waals surface area contributed by atoms with Gasteiger partial charge in [-0.1, -0.05) is 11.6 Å². The number of nitrogens with two attached hydrogens (primary N) is 1. The fraction of sp³-hybridized carbons (Fsp3) is 0.632. The Morgan fingerprint density at radius 1 is 1.33 bits per heavy atom. The highest BCUT2D eigenvalue weighted by Gasteiger charge is 2.47. The molecule has 0 bridgehead atoms. The zero-order valence-electron chi connectivity index (χ0n) is 14.5. The molecule has 5 heteroatoms. The Balaban J connectivity index is 1.61. The number of ether oxygens (including phenoxy) is 1. The van der Waals surface area contributed by atoms with Crippen molar-refractivity contribution >= 4 is 11.6 Å². The third-order valence-electron chi connectivity index (χ3n) is 5.89. The molecule has 0 aromatic heterocycles. The molecule has 3 fully saturated rings. The highest BCUT2D eigenvalue weighted by Crippen LogP contribution is 2.34. The summed E-state index contributed by atoms with van der Waals surface area (Å²) in [7, 11) is 0. The molecule has 0 saturated carbocycles. The van der Waals surface area contributed by atoms with Gasteiger partial charge < -0.3 is 20.3 Å². The van der Waals surface area contributed by atoms with E-state index in [-0.39, 0.29) is 17.4 Å². The lowest BCUT2D eigenvalue weighted by Gasteiger charge is -2.34. The molecule has 24 heavy (non-hydrogen) atoms. The summed E-state index contributed by atoms with van der Waals surface area (Å²) in [6.45, 7) is 6.87. The molecule has 5 nitrogen and oxygen atoms in total. The summed E-state index contributed by atoms with van der Waals surface area (Å²) in [5.74, 6) is 0.384. The van der Waals surface area contributed by atoms with Crippen LogP contribution in [-0.2, 0) is 4.74 Å². The van der Waals surface area contributed by atoms with Crippen LogP contribution in [0.5, 0.6) is 0 Å². The SMILES string of the molecule is Cc1ccc(N2CCCC2)c(C(=O)N2C[C@@H]3COCC[C@]3(N)C2)c1. The van der Waals surface area contributed by atoms with E-state index in [1.165, 1.54) is 12.8 Å². The Morgan fingerprint density at radius 2 is 2.12 bits per heavy atom. The van der Waals surface area contributed by atoms with Crippen LogP contribution in [0.25, 0.3) is 0 Å². The second-order valence-electron chi connectivity index (χ2n) is 7.66. The Labute approximate surface area is 143 Å². The van der Waals surface area contributed by atoms with Crippen molar-refractivity contribution in [2.75, 3.05) is 44.3 Å². The van der Waals surface area contributed by atoms with Crippen LogP contribution in [0.15, 0.2) is 18.2 Å². The summed E-state index contributed by atoms with van der Waals surface area (Å²) in [5.41, 5.74) is 9.35. The van der Waals surface area contributed by atoms with Crippen molar-refractivity contribution < 1.29 is 9.53 Å². The monoisotopic (exact) mass is 329 g/mol. The third-order valence-corrected chi connectivity index (χ3v) is 5.89. The molecule has 2 atom stereocenters. The topological polar surface area (TPSA) is 58.8 Å². The number of amides is 1. The molecule has 130 valence electrons. The molecule has 1 amide bonds. The van der Waals surface area contributed by atoms with Crippen LogP contribution in [0.2, 0.25) is 0 Å². The number of hydrogen-bond acceptors (Lipinski definition) is 4. The van der Waals surface area contributed by atoms with Crippen molar-refractivity contribution in [2.45, 2.75) is 31.7 Å². The molecular formula is C19H27N3O2. The van der Waals surface area contributed by atoms with Crippen LogP contribution in [0.4, 0.5) is 5.69 Å². The first-order chi connectivity index (χ1) is 11.6. The molecule has 0 radical (unpaired) electrons. The van der Waals surface area contributed by atoms with Crippen molar-refractivity contribution in [1.82, 2.24) is 4.90 Å². The molecule has 3 aliphatic heterocycles. The average Bonchev–Trinajstić information content (AvgIpc) is 3.20. The summed E-state index contributed by atoms with van der Waals surface area (Å²) < 4.78 is 5.58. The van der Waals surface area contributed by atoms with Gasteiger partial charge in [-0.15, -0.1) is 0 Å². The van der Waals surface area contributed by atoms with Gasteiger partial charge in [-0.05, 0) is 38.3 Å². The zero-order chi connectivity index (χ0) is 16.7. The van der Waals surface area contributed by atoms with Gasteiger partial charge in [0.15, 0.2) is 0 Å². The van der Waals surface area contributed by atoms with Crippen molar-refractivity contribution in [1.29, 1.82) is 0 Å². The van der Waals surface area contributed by atoms with E-state index < -0.39 is 0 Å². The molecule has 1 aromatic carbocycles. The van der Waals surface area contributed by atoms with Gasteiger partial charge in [-0.25, -0.2) is 0 Å². The van der Waals surface area contributed by atoms with E-state index in [1.807, 2.05) is 17.9 Å². The minimum Gasteiger partial charge on any atom is -0.381 e. The molecule has 3 heterocycles. The minimum atomic E-state index is -0.272. The maximum Gasteiger partial charge on any atom is 0.256 e. The Hall–Kier alpha value is -1.59. The van der Waals surface area contributed by atoms with Crippen LogP contribution < -0.4 is 10.6 Å². The van der Waals surface area contributed by atoms with Gasteiger partial charge in [-0.2, -0.15) is 0 Å². The van der Waals surface area contributed by atoms with E-state index in [0.717, 1.165) is 36.3 Å². The highest BCUT2D eigenvalue weighted by molar-refractivity contribution is 6.00. The lowest BCUT2D eigenvalue weighted by Crippen LogP contribution is -2.52. The maximum absolute atomic E-state index is 13.3. The number of hydrogen-bond donors (Lipinski definition) is 1. The molecule has 4 rings (SSSR count). The second-order valence-corrected chi connectivity index (χ2v) is 7.66. The summed E-state index contributed by atoms with van der Waals surface area (Å²) in [6, 6.07) is 6.25. The quantitative estimate of drug-likeness (QED) is 0.899. The van der Waals surface area contributed by atoms with Crippen molar-refractivity contribution in [3.63, 3.8) is 0 Å². The highest BCUT2D eigenvalue weighted by atomic mass is 16.5. The van der Waals surface area contributed by atoms with Gasteiger partial charge in [0, 0.05) is 49.9 Å². The molecular weight excluding hydrogens is 302 g/mol. The van der Waals surface area contributed by atoms with E-state index in [4.69, 9.17) is 10.5 Å². The van der Waals surface area contributed by atoms with E-state index in [9.17, 15) is 4.79 Å². The van der Waals surface area contributed by atoms with Gasteiger partial charge in [-0.3, -0.25) is 4.79 Å². The van der Waals surface area contributed by atoms with Gasteiger partial charge >= 0.3 is 0 Å². The first kappa shape index (κ1) is 15.9. The fourth-order valence-corrected chi connectivity index (χ4v) is 4.37. The maximum atomic E-state index is 13.3. The van der Waals surface area contributed by atoms with Gasteiger partial charge in [0.1, 0.15) is 0 Å². The molecule has 0 aliphatic carbocycles. The average molecular weight is 329 g/mol. The molecule has 2 N–H and O–H groups in total. The normalized spacial score (nSPS) is 29.8. The fourth-order valence-electron chi connectivity index (χ4n) is 4.37. The van der Waals surface area contributed by atoms with Crippen molar-refractivity contribution in [3.05, 3.63) is 29.3 Å². The van der Waals surface area contributed by atoms with Crippen LogP contribution >= 0.6 is 0 Å². The lowest BCUT2D eigenvalue weighted by molar-refractivity contribution is 0.0241. The number of anilines is 1. The molecule has 0 unspecified atom stereocenters. The number of benzene rings is 1. The number of likely N-dealkylation sites (tertiary alicyclic amines) is 1. The standard InChI is InChI=1S/C19H27N3O2/c1-14-4-5-17(21-7-2-3-8-21)16(10-14)18(23)22-11-15-12-24-9-6-19(15,20)13-22/h4-5,10,15H,2-3,6-9,11-13,20H2,1H3/t15-,19+/m1/s1. The van der Waals surface area contributed by atoms with Crippen molar-refractivity contribution in [3.8, 4) is 0 Å². The molecule has 3 saturated heterocycles. The first-order valence-corrected chi connectivity index (χ1v) is 9.08. The number of carbonyl (C=O) groups excluding carboxylic acids is 1. The van der Waals surface area contributed by atoms with Gasteiger partial charge in [0.05, 0.1) is 12.2 Å². The molecule has 3 aliphatic rings. The summed E-state index contributed by atoms with van der Waals surface area (Å²) in [5, 5.41) is 0. The predicted molar refractivity (Wildman–Crippen MR) is 94.4 cm³/mol. The summed E-state index contributed by atoms with van der Waals surface area (Å²) >= 11 is 0. The number of nitrogens with zero attached hydrogens (tertiary/aromatic N) is 2. The number of carbonyl (C=O) groups is 1. The number of aryl methyl sites for hydroxylation is 1. The Morgan fingerprint density at radius 3 is 2.88 bits per heavy atom. The van der Waals surface area contributed by atoms with Crippen LogP contribution in [0, 0.1) is 12.8 Å². The van der Waals surface area contributed by atoms with Crippen LogP contribution in [0.1, 0.15) is 35.2 Å². The number of rotatable bonds is 2. The van der Waals surface area contributed by atoms with E-state index in [2.05, 4.69) is 17.0 Å². The predicted octanol–water partition coefficient (Wildman–Crippen LogP) is 1.79. The van der Waals surface area contributed by atoms with Crippen LogP contribution in [-0.4, -0.2) is 55.7 Å². The summed E-state index contributed by atoms with van der Waals surface area (Å²) in [4.78, 5) is 17.6. The molecule has 0 spiro atoms. The second kappa shape index (κ2) is 6.05. The van der Waals surface area contributed by atoms with E-state index >= 15 is 0 Å². The van der Waals surface area contributed by atoms with E-state index in [1.54, 1.807) is 0 Å². The first-order valence-electron chi connectivity index (χ1n) is 9.08. The van der Waals surface area contributed by atoms with E-state index in [0.29, 0.717) is 26.3 Å². The van der Waals surface area contributed by atoms with Crippen LogP contribution in [0.3, 0.4) is 0 Å². The van der Waals surface area contributed by atoms with Gasteiger partial charge in [0.2, 0.25) is 0 Å². The smallest absolute Gasteiger partial charge is 0.256 e. The van der Waals surface area contributed by atoms with Crippen molar-refractivity contribution in [2.24, 2.45) is 11.7 Å². The molecule has 1 aromatic rings. The largest absolute Gasteiger partial charge is 0.381 e. The third kappa shape index (κ3) is 2.70. The summed E-state index contributed by atoms with van der Waals surface area (Å²) in [6.07, 6.45) is 3.25. The number of fused-ring (bicyclic) bond motifs is 1. The zero-order valence-corrected chi connectivity index (χ0v) is 14.5. The van der Waals surface area contributed by atoms with Gasteiger partial charge in [0.25, 0.3) is 5.91 Å². The minimum absolute atomic E-state index is 0.125. The lowest BCUT2D eigenvalue weighted by atomic mass is 9.84.